The van der Waals surface area contributed by atoms with Gasteiger partial charge in [-0.2, -0.15) is 5.26 Å². The number of ether oxygens (including phenoxy) is 2. The summed E-state index contributed by atoms with van der Waals surface area (Å²) in [5.74, 6) is -0.506. The molecule has 0 spiro atoms. The van der Waals surface area contributed by atoms with Gasteiger partial charge in [0.2, 0.25) is 0 Å². The first-order chi connectivity index (χ1) is 10.4. The lowest BCUT2D eigenvalue weighted by atomic mass is 10.2. The van der Waals surface area contributed by atoms with E-state index in [1.54, 1.807) is 5.40 Å². The number of nitrogens with zero attached hydrogens (tertiary/aromatic N) is 2. The van der Waals surface area contributed by atoms with Crippen LogP contribution in [0.15, 0.2) is 20.7 Å². The zero-order valence-corrected chi connectivity index (χ0v) is 12.3. The number of carbonyl (C=O) groups is 1. The quantitative estimate of drug-likeness (QED) is 0.422. The Hall–Kier alpha value is -2.09. The topological polar surface area (TPSA) is 134 Å². The molecule has 1 aromatic rings. The number of aliphatic hydroxyl groups is 1. The molecule has 3 atom stereocenters. The van der Waals surface area contributed by atoms with E-state index in [-0.39, 0.29) is 17.9 Å². The van der Waals surface area contributed by atoms with Gasteiger partial charge in [0.25, 0.3) is 5.56 Å². The van der Waals surface area contributed by atoms with Gasteiger partial charge in [-0.15, -0.1) is 0 Å². The molecule has 2 heterocycles. The van der Waals surface area contributed by atoms with E-state index in [1.165, 1.54) is 13.1 Å². The Bertz CT molecular complexity index is 721. The Kier molecular flexibility index (Phi) is 5.02. The van der Waals surface area contributed by atoms with Gasteiger partial charge in [0, 0.05) is 19.5 Å². The molecule has 22 heavy (non-hydrogen) atoms. The van der Waals surface area contributed by atoms with Gasteiger partial charge in [-0.3, -0.25) is 19.1 Å². The molecule has 0 radical (unpaired) electrons. The standard InChI is InChI=1S/C12H13N3O6S/c1-6(16)20-4-8-7(17)2-10(21-8)15-3-9(22-5-13)11(18)14-12(15)19/h3,7-8,10,17H,2,4H2,1H3,(H,14,18,19)/t7-,8+,10+/m0/s1. The van der Waals surface area contributed by atoms with Crippen LogP contribution >= 0.6 is 11.8 Å². The summed E-state index contributed by atoms with van der Waals surface area (Å²) in [7, 11) is 0. The zero-order valence-electron chi connectivity index (χ0n) is 11.5. The van der Waals surface area contributed by atoms with E-state index in [4.69, 9.17) is 14.7 Å². The van der Waals surface area contributed by atoms with Crippen molar-refractivity contribution in [3.8, 4) is 5.40 Å². The fourth-order valence-electron chi connectivity index (χ4n) is 2.04. The molecular weight excluding hydrogens is 314 g/mol. The number of aliphatic hydroxyl groups excluding tert-OH is 1. The maximum absolute atomic E-state index is 11.8. The number of nitriles is 1. The molecule has 0 aliphatic carbocycles. The predicted molar refractivity (Wildman–Crippen MR) is 74.0 cm³/mol. The fraction of sp³-hybridized carbons (Fsp3) is 0.500. The molecule has 1 aliphatic rings. The number of rotatable bonds is 4. The number of nitrogens with one attached hydrogen (secondary N) is 1. The second-order valence-corrected chi connectivity index (χ2v) is 5.41. The Morgan fingerprint density at radius 3 is 3.05 bits per heavy atom. The summed E-state index contributed by atoms with van der Waals surface area (Å²) >= 11 is 0.614. The van der Waals surface area contributed by atoms with Crippen molar-refractivity contribution in [2.75, 3.05) is 6.61 Å². The summed E-state index contributed by atoms with van der Waals surface area (Å²) < 4.78 is 11.4. The van der Waals surface area contributed by atoms with Crippen molar-refractivity contribution in [2.45, 2.75) is 36.7 Å². The molecule has 10 heteroatoms. The van der Waals surface area contributed by atoms with Gasteiger partial charge in [0.15, 0.2) is 0 Å². The van der Waals surface area contributed by atoms with Crippen molar-refractivity contribution in [1.29, 1.82) is 5.26 Å². The van der Waals surface area contributed by atoms with Crippen LogP contribution in [0.4, 0.5) is 0 Å². The summed E-state index contributed by atoms with van der Waals surface area (Å²) in [6.45, 7) is 1.10. The molecular formula is C12H13N3O6S. The number of carbonyl (C=O) groups excluding carboxylic acids is 1. The number of aromatic nitrogens is 2. The van der Waals surface area contributed by atoms with Gasteiger partial charge in [0.1, 0.15) is 29.2 Å². The van der Waals surface area contributed by atoms with Crippen LogP contribution < -0.4 is 11.2 Å². The van der Waals surface area contributed by atoms with Crippen molar-refractivity contribution < 1.29 is 19.4 Å². The SMILES string of the molecule is CC(=O)OC[C@H]1O[C@@H](n2cc(SC#N)c(=O)[nH]c2=O)C[C@@H]1O. The molecule has 9 nitrogen and oxygen atoms in total. The first kappa shape index (κ1) is 16.3. The number of hydrogen-bond acceptors (Lipinski definition) is 8. The number of thioether (sulfide) groups is 1. The Morgan fingerprint density at radius 2 is 2.41 bits per heavy atom. The van der Waals surface area contributed by atoms with Gasteiger partial charge in [-0.05, 0) is 11.8 Å². The van der Waals surface area contributed by atoms with Crippen molar-refractivity contribution in [3.05, 3.63) is 27.0 Å². The van der Waals surface area contributed by atoms with Crippen molar-refractivity contribution >= 4 is 17.7 Å². The molecule has 1 aromatic heterocycles. The molecule has 0 unspecified atom stereocenters. The van der Waals surface area contributed by atoms with Crippen LogP contribution in [-0.2, 0) is 14.3 Å². The van der Waals surface area contributed by atoms with Gasteiger partial charge >= 0.3 is 11.7 Å². The molecule has 118 valence electrons. The van der Waals surface area contributed by atoms with E-state index in [0.717, 1.165) is 4.57 Å². The second kappa shape index (κ2) is 6.78. The number of thiocyanates is 1. The summed E-state index contributed by atoms with van der Waals surface area (Å²) in [4.78, 5) is 36.3. The third kappa shape index (κ3) is 3.56. The molecule has 0 aromatic carbocycles. The molecule has 2 rings (SSSR count). The third-order valence-corrected chi connectivity index (χ3v) is 3.66. The van der Waals surface area contributed by atoms with E-state index in [2.05, 4.69) is 4.98 Å². The van der Waals surface area contributed by atoms with Crippen molar-refractivity contribution in [3.63, 3.8) is 0 Å². The van der Waals surface area contributed by atoms with Crippen LogP contribution in [-0.4, -0.2) is 39.4 Å². The van der Waals surface area contributed by atoms with Crippen molar-refractivity contribution in [2.24, 2.45) is 0 Å². The second-order valence-electron chi connectivity index (χ2n) is 4.59. The van der Waals surface area contributed by atoms with Crippen LogP contribution in [0.3, 0.4) is 0 Å². The minimum Gasteiger partial charge on any atom is -0.463 e. The van der Waals surface area contributed by atoms with Crippen molar-refractivity contribution in [1.82, 2.24) is 9.55 Å². The van der Waals surface area contributed by atoms with Crippen LogP contribution in [0.25, 0.3) is 0 Å². The maximum atomic E-state index is 11.8. The lowest BCUT2D eigenvalue weighted by molar-refractivity contribution is -0.147. The number of aromatic amines is 1. The first-order valence-corrected chi connectivity index (χ1v) is 7.12. The maximum Gasteiger partial charge on any atom is 0.330 e. The van der Waals surface area contributed by atoms with Gasteiger partial charge in [-0.25, -0.2) is 4.79 Å². The highest BCUT2D eigenvalue weighted by molar-refractivity contribution is 8.03. The highest BCUT2D eigenvalue weighted by Gasteiger charge is 2.36. The highest BCUT2D eigenvalue weighted by Crippen LogP contribution is 2.28. The molecule has 1 fully saturated rings. The lowest BCUT2D eigenvalue weighted by Crippen LogP contribution is -2.33. The summed E-state index contributed by atoms with van der Waals surface area (Å²) in [5.41, 5.74) is -1.37. The molecule has 1 aliphatic heterocycles. The Labute approximate surface area is 128 Å². The van der Waals surface area contributed by atoms with Crippen LogP contribution in [0.2, 0.25) is 0 Å². The smallest absolute Gasteiger partial charge is 0.330 e. The fourth-order valence-corrected chi connectivity index (χ4v) is 2.45. The van der Waals surface area contributed by atoms with E-state index < -0.39 is 35.7 Å². The predicted octanol–water partition coefficient (Wildman–Crippen LogP) is -0.679. The first-order valence-electron chi connectivity index (χ1n) is 6.30. The molecule has 2 N–H and O–H groups in total. The number of esters is 1. The van der Waals surface area contributed by atoms with E-state index in [9.17, 15) is 19.5 Å². The molecule has 1 saturated heterocycles. The summed E-state index contributed by atoms with van der Waals surface area (Å²) in [5, 5.41) is 20.3. The highest BCUT2D eigenvalue weighted by atomic mass is 32.2. The van der Waals surface area contributed by atoms with Crippen LogP contribution in [0.1, 0.15) is 19.6 Å². The Balaban J connectivity index is 2.21. The molecule has 0 bridgehead atoms. The van der Waals surface area contributed by atoms with Gasteiger partial charge in [-0.1, -0.05) is 0 Å². The summed E-state index contributed by atoms with van der Waals surface area (Å²) in [6.07, 6.45) is -1.21. The third-order valence-electron chi connectivity index (χ3n) is 3.06. The molecule has 0 saturated carbocycles. The number of hydrogen-bond donors (Lipinski definition) is 2. The average Bonchev–Trinajstić information content (AvgIpc) is 2.80. The van der Waals surface area contributed by atoms with Crippen LogP contribution in [0.5, 0.6) is 0 Å². The lowest BCUT2D eigenvalue weighted by Gasteiger charge is -2.16. The average molecular weight is 327 g/mol. The van der Waals surface area contributed by atoms with Gasteiger partial charge in [0.05, 0.1) is 6.10 Å². The van der Waals surface area contributed by atoms with E-state index in [1.807, 2.05) is 0 Å². The monoisotopic (exact) mass is 327 g/mol. The van der Waals surface area contributed by atoms with E-state index >= 15 is 0 Å². The van der Waals surface area contributed by atoms with Gasteiger partial charge < -0.3 is 14.6 Å². The number of H-pyrrole nitrogens is 1. The van der Waals surface area contributed by atoms with E-state index in [0.29, 0.717) is 11.8 Å². The largest absolute Gasteiger partial charge is 0.463 e. The minimum atomic E-state index is -0.921. The summed E-state index contributed by atoms with van der Waals surface area (Å²) in [6, 6.07) is 0. The zero-order chi connectivity index (χ0) is 16.3. The minimum absolute atomic E-state index is 0.0450. The normalized spacial score (nSPS) is 24.0. The Morgan fingerprint density at radius 1 is 1.68 bits per heavy atom. The van der Waals surface area contributed by atoms with Crippen LogP contribution in [0, 0.1) is 10.7 Å². The molecule has 0 amide bonds.